The van der Waals surface area contributed by atoms with Crippen LogP contribution in [0.15, 0.2) is 18.2 Å². The number of nitrogens with two attached hydrogens (primary N) is 1. The van der Waals surface area contributed by atoms with Crippen molar-refractivity contribution in [1.29, 1.82) is 0 Å². The lowest BCUT2D eigenvalue weighted by molar-refractivity contribution is 0.139. The lowest BCUT2D eigenvalue weighted by Crippen LogP contribution is -2.36. The van der Waals surface area contributed by atoms with E-state index in [4.69, 9.17) is 10.5 Å². The summed E-state index contributed by atoms with van der Waals surface area (Å²) in [5.74, 6) is 0.720. The zero-order chi connectivity index (χ0) is 15.2. The highest BCUT2D eigenvalue weighted by Gasteiger charge is 2.21. The van der Waals surface area contributed by atoms with E-state index >= 15 is 0 Å². The molecule has 0 aliphatic carbocycles. The fourth-order valence-corrected chi connectivity index (χ4v) is 3.19. The molecule has 1 aliphatic heterocycles. The van der Waals surface area contributed by atoms with E-state index in [2.05, 4.69) is 36.9 Å². The summed E-state index contributed by atoms with van der Waals surface area (Å²) in [5, 5.41) is 0. The molecular weight excluding hydrogens is 260 g/mol. The average Bonchev–Trinajstić information content (AvgIpc) is 2.49. The highest BCUT2D eigenvalue weighted by molar-refractivity contribution is 5.55. The van der Waals surface area contributed by atoms with E-state index in [1.54, 1.807) is 7.11 Å². The van der Waals surface area contributed by atoms with Gasteiger partial charge in [-0.2, -0.15) is 0 Å². The molecule has 0 bridgehead atoms. The summed E-state index contributed by atoms with van der Waals surface area (Å²) < 4.78 is 5.29. The van der Waals surface area contributed by atoms with Crippen molar-refractivity contribution < 1.29 is 4.74 Å². The number of methoxy groups -OCH3 is 1. The fraction of sp³-hybridized carbons (Fsp3) is 0.667. The highest BCUT2D eigenvalue weighted by atomic mass is 16.5. The predicted molar refractivity (Wildman–Crippen MR) is 90.0 cm³/mol. The summed E-state index contributed by atoms with van der Waals surface area (Å²) in [5.41, 5.74) is 10.3. The van der Waals surface area contributed by atoms with Crippen molar-refractivity contribution in [3.05, 3.63) is 29.3 Å². The lowest BCUT2D eigenvalue weighted by Gasteiger charge is -2.35. The Balaban J connectivity index is 2.09. The third kappa shape index (κ3) is 4.45. The molecule has 3 heteroatoms. The molecule has 1 aliphatic rings. The number of hydrogen-bond donors (Lipinski definition) is 1. The van der Waals surface area contributed by atoms with E-state index in [0.717, 1.165) is 38.5 Å². The third-order valence-corrected chi connectivity index (χ3v) is 4.60. The molecule has 1 heterocycles. The molecule has 1 aromatic rings. The van der Waals surface area contributed by atoms with E-state index in [0.29, 0.717) is 0 Å². The number of hydrogen-bond acceptors (Lipinski definition) is 3. The molecule has 1 aromatic carbocycles. The molecular formula is C18H30N2O. The van der Waals surface area contributed by atoms with Crippen molar-refractivity contribution in [1.82, 2.24) is 0 Å². The van der Waals surface area contributed by atoms with Gasteiger partial charge in [-0.25, -0.2) is 0 Å². The van der Waals surface area contributed by atoms with Crippen LogP contribution in [-0.4, -0.2) is 32.8 Å². The van der Waals surface area contributed by atoms with Crippen molar-refractivity contribution in [3.8, 4) is 0 Å². The smallest absolute Gasteiger partial charge is 0.0491 e. The first-order valence-corrected chi connectivity index (χ1v) is 8.23. The predicted octanol–water partition coefficient (Wildman–Crippen LogP) is 3.14. The Kier molecular flexibility index (Phi) is 6.07. The molecule has 1 fully saturated rings. The Labute approximate surface area is 129 Å². The van der Waals surface area contributed by atoms with Crippen LogP contribution in [0.4, 0.5) is 5.69 Å². The minimum Gasteiger partial charge on any atom is -0.384 e. The Morgan fingerprint density at radius 3 is 2.67 bits per heavy atom. The topological polar surface area (TPSA) is 38.5 Å². The van der Waals surface area contributed by atoms with Crippen LogP contribution in [0.5, 0.6) is 0 Å². The van der Waals surface area contributed by atoms with Crippen LogP contribution in [0.1, 0.15) is 37.3 Å². The van der Waals surface area contributed by atoms with Gasteiger partial charge in [-0.15, -0.1) is 0 Å². The molecule has 118 valence electrons. The normalized spacial score (nSPS) is 18.0. The summed E-state index contributed by atoms with van der Waals surface area (Å²) >= 11 is 0. The van der Waals surface area contributed by atoms with Crippen LogP contribution < -0.4 is 10.6 Å². The molecule has 1 saturated heterocycles. The molecule has 1 atom stereocenters. The van der Waals surface area contributed by atoms with Crippen LogP contribution in [0.3, 0.4) is 0 Å². The van der Waals surface area contributed by atoms with Crippen molar-refractivity contribution in [2.45, 2.75) is 45.6 Å². The van der Waals surface area contributed by atoms with E-state index in [1.807, 2.05) is 0 Å². The highest BCUT2D eigenvalue weighted by Crippen LogP contribution is 2.28. The van der Waals surface area contributed by atoms with Crippen LogP contribution in [0.2, 0.25) is 0 Å². The van der Waals surface area contributed by atoms with Gasteiger partial charge in [0.1, 0.15) is 0 Å². The second-order valence-electron chi connectivity index (χ2n) is 6.39. The van der Waals surface area contributed by atoms with Gasteiger partial charge in [0.05, 0.1) is 0 Å². The summed E-state index contributed by atoms with van der Waals surface area (Å²) in [6.45, 7) is 7.48. The Bertz CT molecular complexity index is 439. The monoisotopic (exact) mass is 290 g/mol. The molecule has 0 amide bonds. The third-order valence-electron chi connectivity index (χ3n) is 4.60. The molecule has 0 aromatic heterocycles. The first kappa shape index (κ1) is 16.3. The Morgan fingerprint density at radius 1 is 1.33 bits per heavy atom. The van der Waals surface area contributed by atoms with Gasteiger partial charge in [-0.1, -0.05) is 24.6 Å². The van der Waals surface area contributed by atoms with Crippen molar-refractivity contribution in [2.75, 3.05) is 31.7 Å². The lowest BCUT2D eigenvalue weighted by atomic mass is 9.95. The fourth-order valence-electron chi connectivity index (χ4n) is 3.19. The zero-order valence-electron chi connectivity index (χ0n) is 13.8. The van der Waals surface area contributed by atoms with Crippen molar-refractivity contribution >= 4 is 5.69 Å². The standard InChI is InChI=1S/C18H30N2O/c1-4-17(19)12-16-11-14(2)5-6-18(16)20-9-7-15(8-10-20)13-21-3/h5-6,11,15,17H,4,7-10,12-13,19H2,1-3H3. The van der Waals surface area contributed by atoms with E-state index in [1.165, 1.54) is 29.7 Å². The van der Waals surface area contributed by atoms with Crippen LogP contribution in [0.25, 0.3) is 0 Å². The van der Waals surface area contributed by atoms with E-state index in [9.17, 15) is 0 Å². The quantitative estimate of drug-likeness (QED) is 0.875. The second kappa shape index (κ2) is 7.81. The van der Waals surface area contributed by atoms with Gasteiger partial charge in [-0.3, -0.25) is 0 Å². The average molecular weight is 290 g/mol. The van der Waals surface area contributed by atoms with Gasteiger partial charge in [0.25, 0.3) is 0 Å². The number of ether oxygens (including phenoxy) is 1. The summed E-state index contributed by atoms with van der Waals surface area (Å²) in [4.78, 5) is 2.53. The number of piperidine rings is 1. The number of nitrogens with zero attached hydrogens (tertiary/aromatic N) is 1. The second-order valence-corrected chi connectivity index (χ2v) is 6.39. The van der Waals surface area contributed by atoms with Crippen LogP contribution in [-0.2, 0) is 11.2 Å². The first-order chi connectivity index (χ1) is 10.1. The number of benzene rings is 1. The molecule has 2 N–H and O–H groups in total. The maximum absolute atomic E-state index is 6.18. The van der Waals surface area contributed by atoms with Crippen LogP contribution in [0, 0.1) is 12.8 Å². The van der Waals surface area contributed by atoms with E-state index < -0.39 is 0 Å². The van der Waals surface area contributed by atoms with E-state index in [-0.39, 0.29) is 6.04 Å². The van der Waals surface area contributed by atoms with Crippen molar-refractivity contribution in [3.63, 3.8) is 0 Å². The summed E-state index contributed by atoms with van der Waals surface area (Å²) in [7, 11) is 1.80. The van der Waals surface area contributed by atoms with Crippen LogP contribution >= 0.6 is 0 Å². The first-order valence-electron chi connectivity index (χ1n) is 8.23. The van der Waals surface area contributed by atoms with Gasteiger partial charge in [0.15, 0.2) is 0 Å². The maximum Gasteiger partial charge on any atom is 0.0491 e. The molecule has 1 unspecified atom stereocenters. The van der Waals surface area contributed by atoms with Gasteiger partial charge >= 0.3 is 0 Å². The van der Waals surface area contributed by atoms with Gasteiger partial charge < -0.3 is 15.4 Å². The molecule has 0 saturated carbocycles. The molecule has 21 heavy (non-hydrogen) atoms. The number of anilines is 1. The zero-order valence-corrected chi connectivity index (χ0v) is 13.8. The van der Waals surface area contributed by atoms with Gasteiger partial charge in [0.2, 0.25) is 0 Å². The number of aryl methyl sites for hydroxylation is 1. The molecule has 0 radical (unpaired) electrons. The minimum absolute atomic E-state index is 0.261. The molecule has 3 nitrogen and oxygen atoms in total. The minimum atomic E-state index is 0.261. The number of rotatable bonds is 6. The van der Waals surface area contributed by atoms with Gasteiger partial charge in [0, 0.05) is 38.5 Å². The SMILES string of the molecule is CCC(N)Cc1cc(C)ccc1N1CCC(COC)CC1. The Hall–Kier alpha value is -1.06. The van der Waals surface area contributed by atoms with Gasteiger partial charge in [-0.05, 0) is 50.2 Å². The Morgan fingerprint density at radius 2 is 2.05 bits per heavy atom. The summed E-state index contributed by atoms with van der Waals surface area (Å²) in [6.07, 6.45) is 4.46. The summed E-state index contributed by atoms with van der Waals surface area (Å²) in [6, 6.07) is 7.07. The largest absolute Gasteiger partial charge is 0.384 e. The molecule has 0 spiro atoms. The maximum atomic E-state index is 6.18. The van der Waals surface area contributed by atoms with Crippen molar-refractivity contribution in [2.24, 2.45) is 11.7 Å². The molecule has 2 rings (SSSR count).